The molecule has 1 aromatic carbocycles. The molecule has 0 aliphatic carbocycles. The Morgan fingerprint density at radius 2 is 2.04 bits per heavy atom. The van der Waals surface area contributed by atoms with Gasteiger partial charge in [-0.2, -0.15) is 0 Å². The summed E-state index contributed by atoms with van der Waals surface area (Å²) in [6, 6.07) is 5.10. The second-order valence-electron chi connectivity index (χ2n) is 7.94. The smallest absolute Gasteiger partial charge is 0.167 e. The Morgan fingerprint density at radius 3 is 2.70 bits per heavy atom. The van der Waals surface area contributed by atoms with Gasteiger partial charge in [0.15, 0.2) is 11.6 Å². The van der Waals surface area contributed by atoms with Crippen LogP contribution in [0.4, 0.5) is 0 Å². The number of ketones is 2. The van der Waals surface area contributed by atoms with E-state index in [1.54, 1.807) is 12.1 Å². The Kier molecular flexibility index (Phi) is 3.64. The summed E-state index contributed by atoms with van der Waals surface area (Å²) in [4.78, 5) is 25.0. The van der Waals surface area contributed by atoms with Crippen molar-refractivity contribution < 1.29 is 19.4 Å². The van der Waals surface area contributed by atoms with E-state index in [1.165, 1.54) is 0 Å². The normalized spacial score (nSPS) is 32.1. The molecule has 0 radical (unpaired) electrons. The van der Waals surface area contributed by atoms with Crippen molar-refractivity contribution in [2.75, 3.05) is 0 Å². The van der Waals surface area contributed by atoms with Gasteiger partial charge < -0.3 is 9.84 Å². The van der Waals surface area contributed by atoms with Crippen molar-refractivity contribution in [1.29, 1.82) is 0 Å². The van der Waals surface area contributed by atoms with Crippen molar-refractivity contribution in [1.82, 2.24) is 0 Å². The summed E-state index contributed by atoms with van der Waals surface area (Å²) in [5.74, 6) is 0.0680. The molecule has 1 aromatic rings. The van der Waals surface area contributed by atoms with E-state index in [0.717, 1.165) is 12.0 Å². The van der Waals surface area contributed by atoms with Crippen LogP contribution < -0.4 is 0 Å². The average Bonchev–Trinajstić information content (AvgIpc) is 2.71. The predicted octanol–water partition coefficient (Wildman–Crippen LogP) is 3.44. The molecule has 1 N–H and O–H groups in total. The van der Waals surface area contributed by atoms with Crippen molar-refractivity contribution in [3.63, 3.8) is 0 Å². The minimum Gasteiger partial charge on any atom is -0.507 e. The van der Waals surface area contributed by atoms with Crippen LogP contribution in [0.1, 0.15) is 56.0 Å². The van der Waals surface area contributed by atoms with Crippen molar-refractivity contribution in [2.45, 2.75) is 58.7 Å². The third-order valence-corrected chi connectivity index (χ3v) is 5.51. The molecule has 4 nitrogen and oxygen atoms in total. The fourth-order valence-corrected chi connectivity index (χ4v) is 4.24. The first kappa shape index (κ1) is 16.2. The number of aromatic hydroxyl groups is 1. The highest BCUT2D eigenvalue weighted by Gasteiger charge is 2.58. The van der Waals surface area contributed by atoms with Crippen LogP contribution in [0.25, 0.3) is 0 Å². The van der Waals surface area contributed by atoms with Gasteiger partial charge in [0.05, 0.1) is 11.2 Å². The van der Waals surface area contributed by atoms with Gasteiger partial charge in [-0.05, 0) is 43.2 Å². The second kappa shape index (κ2) is 5.17. The molecule has 3 unspecified atom stereocenters. The van der Waals surface area contributed by atoms with Crippen LogP contribution in [0.3, 0.4) is 0 Å². The average molecular weight is 316 g/mol. The lowest BCUT2D eigenvalue weighted by atomic mass is 9.71. The molecule has 0 saturated carbocycles. The van der Waals surface area contributed by atoms with Crippen LogP contribution in [-0.2, 0) is 9.53 Å². The highest BCUT2D eigenvalue weighted by atomic mass is 16.5. The summed E-state index contributed by atoms with van der Waals surface area (Å²) in [6.45, 7) is 7.83. The van der Waals surface area contributed by atoms with E-state index in [2.05, 4.69) is 0 Å². The third kappa shape index (κ3) is 2.59. The number of rotatable bonds is 3. The van der Waals surface area contributed by atoms with Gasteiger partial charge in [0.25, 0.3) is 0 Å². The molecule has 0 amide bonds. The number of Topliss-reactive ketones (excluding diaryl/α,β-unsaturated/α-hetero) is 2. The Balaban J connectivity index is 1.88. The standard InChI is InChI=1S/C19H24O4/c1-11-6-5-7-13(20)16(11)14(21)8-12-9-18(2,3)17-15(22)10-19(12,4)23-17/h5-7,12,17,20H,8-10H2,1-4H3. The third-order valence-electron chi connectivity index (χ3n) is 5.51. The quantitative estimate of drug-likeness (QED) is 0.868. The van der Waals surface area contributed by atoms with Gasteiger partial charge in [0.1, 0.15) is 11.9 Å². The molecule has 2 aliphatic rings. The van der Waals surface area contributed by atoms with Crippen molar-refractivity contribution in [3.05, 3.63) is 29.3 Å². The largest absolute Gasteiger partial charge is 0.507 e. The summed E-state index contributed by atoms with van der Waals surface area (Å²) in [7, 11) is 0. The Labute approximate surface area is 136 Å². The monoisotopic (exact) mass is 316 g/mol. The maximum absolute atomic E-state index is 12.8. The fraction of sp³-hybridized carbons (Fsp3) is 0.579. The summed E-state index contributed by atoms with van der Waals surface area (Å²) in [5.41, 5.74) is 0.341. The molecule has 2 heterocycles. The van der Waals surface area contributed by atoms with Gasteiger partial charge >= 0.3 is 0 Å². The SMILES string of the molecule is Cc1cccc(O)c1C(=O)CC1CC(C)(C)C2OC1(C)CC2=O. The topological polar surface area (TPSA) is 63.6 Å². The van der Waals surface area contributed by atoms with Crippen LogP contribution in [-0.4, -0.2) is 28.4 Å². The number of fused-ring (bicyclic) bond motifs is 2. The van der Waals surface area contributed by atoms with E-state index >= 15 is 0 Å². The van der Waals surface area contributed by atoms with Crippen LogP contribution in [0.2, 0.25) is 0 Å². The van der Waals surface area contributed by atoms with E-state index in [0.29, 0.717) is 18.4 Å². The van der Waals surface area contributed by atoms with Crippen molar-refractivity contribution in [2.24, 2.45) is 11.3 Å². The lowest BCUT2D eigenvalue weighted by Crippen LogP contribution is -2.48. The first-order valence-electron chi connectivity index (χ1n) is 8.16. The summed E-state index contributed by atoms with van der Waals surface area (Å²) in [6.07, 6.45) is 1.08. The molecular formula is C19H24O4. The zero-order chi connectivity index (χ0) is 17.0. The van der Waals surface area contributed by atoms with Gasteiger partial charge in [-0.1, -0.05) is 26.0 Å². The number of carbonyl (C=O) groups is 2. The van der Waals surface area contributed by atoms with Gasteiger partial charge in [0, 0.05) is 12.8 Å². The van der Waals surface area contributed by atoms with E-state index in [-0.39, 0.29) is 34.8 Å². The molecule has 2 fully saturated rings. The predicted molar refractivity (Wildman–Crippen MR) is 86.6 cm³/mol. The summed E-state index contributed by atoms with van der Waals surface area (Å²) < 4.78 is 6.06. The fourth-order valence-electron chi connectivity index (χ4n) is 4.24. The summed E-state index contributed by atoms with van der Waals surface area (Å²) in [5, 5.41) is 10.0. The van der Waals surface area contributed by atoms with E-state index in [4.69, 9.17) is 4.74 Å². The van der Waals surface area contributed by atoms with Crippen LogP contribution in [0, 0.1) is 18.3 Å². The van der Waals surface area contributed by atoms with Gasteiger partial charge in [-0.25, -0.2) is 0 Å². The molecule has 4 heteroatoms. The molecule has 124 valence electrons. The first-order chi connectivity index (χ1) is 10.6. The van der Waals surface area contributed by atoms with Crippen LogP contribution in [0.5, 0.6) is 5.75 Å². The van der Waals surface area contributed by atoms with Crippen LogP contribution in [0.15, 0.2) is 18.2 Å². The molecule has 23 heavy (non-hydrogen) atoms. The Hall–Kier alpha value is -1.68. The highest BCUT2D eigenvalue weighted by Crippen LogP contribution is 2.52. The molecule has 2 bridgehead atoms. The molecule has 2 saturated heterocycles. The highest BCUT2D eigenvalue weighted by molar-refractivity contribution is 6.00. The van der Waals surface area contributed by atoms with Gasteiger partial charge in [-0.15, -0.1) is 0 Å². The van der Waals surface area contributed by atoms with Gasteiger partial charge in [-0.3, -0.25) is 9.59 Å². The molecule has 0 aromatic heterocycles. The number of hydrogen-bond donors (Lipinski definition) is 1. The lowest BCUT2D eigenvalue weighted by molar-refractivity contribution is -0.162. The minimum atomic E-state index is -0.564. The van der Waals surface area contributed by atoms with Crippen LogP contribution >= 0.6 is 0 Å². The van der Waals surface area contributed by atoms with E-state index < -0.39 is 5.60 Å². The number of ether oxygens (including phenoxy) is 1. The van der Waals surface area contributed by atoms with E-state index in [9.17, 15) is 14.7 Å². The summed E-state index contributed by atoms with van der Waals surface area (Å²) >= 11 is 0. The minimum absolute atomic E-state index is 0.0216. The lowest BCUT2D eigenvalue weighted by Gasteiger charge is -2.45. The number of phenols is 1. The molecule has 3 atom stereocenters. The van der Waals surface area contributed by atoms with E-state index in [1.807, 2.05) is 33.8 Å². The number of carbonyl (C=O) groups excluding carboxylic acids is 2. The first-order valence-corrected chi connectivity index (χ1v) is 8.16. The number of benzene rings is 1. The second-order valence-corrected chi connectivity index (χ2v) is 7.94. The van der Waals surface area contributed by atoms with Gasteiger partial charge in [0.2, 0.25) is 0 Å². The molecule has 3 rings (SSSR count). The molecular weight excluding hydrogens is 292 g/mol. The zero-order valence-corrected chi connectivity index (χ0v) is 14.2. The number of hydrogen-bond acceptors (Lipinski definition) is 4. The number of aryl methyl sites for hydroxylation is 1. The van der Waals surface area contributed by atoms with Crippen molar-refractivity contribution >= 4 is 11.6 Å². The zero-order valence-electron chi connectivity index (χ0n) is 14.2. The Morgan fingerprint density at radius 1 is 1.35 bits per heavy atom. The van der Waals surface area contributed by atoms with Crippen molar-refractivity contribution in [3.8, 4) is 5.75 Å². The molecule has 0 spiro atoms. The number of phenolic OH excluding ortho intramolecular Hbond substituents is 1. The molecule has 2 aliphatic heterocycles. The maximum atomic E-state index is 12.8. The maximum Gasteiger partial charge on any atom is 0.167 e. The Bertz CT molecular complexity index is 656.